The summed E-state index contributed by atoms with van der Waals surface area (Å²) in [4.78, 5) is 24.3. The molecule has 1 fully saturated rings. The topological polar surface area (TPSA) is 66.4 Å². The number of hydrogen-bond acceptors (Lipinski definition) is 2. The van der Waals surface area contributed by atoms with Gasteiger partial charge in [0.15, 0.2) is 0 Å². The van der Waals surface area contributed by atoms with Crippen LogP contribution in [-0.4, -0.2) is 29.1 Å². The van der Waals surface area contributed by atoms with Crippen LogP contribution >= 0.6 is 23.2 Å². The molecule has 0 spiro atoms. The van der Waals surface area contributed by atoms with E-state index in [0.717, 1.165) is 6.92 Å². The molecular weight excluding hydrogens is 492 g/mol. The fourth-order valence-corrected chi connectivity index (χ4v) is 3.99. The number of carboxylic acid groups (broad SMARTS) is 1. The Morgan fingerprint density at radius 3 is 2.18 bits per heavy atom. The summed E-state index contributed by atoms with van der Waals surface area (Å²) in [5.74, 6) is -9.79. The zero-order valence-corrected chi connectivity index (χ0v) is 18.5. The van der Waals surface area contributed by atoms with Crippen LogP contribution in [0.5, 0.6) is 0 Å². The minimum Gasteiger partial charge on any atom is -0.481 e. The molecule has 0 heterocycles. The Kier molecular flexibility index (Phi) is 6.70. The van der Waals surface area contributed by atoms with E-state index in [9.17, 15) is 36.6 Å². The van der Waals surface area contributed by atoms with Crippen LogP contribution in [0.4, 0.5) is 27.6 Å². The first-order valence-corrected chi connectivity index (χ1v) is 10.5. The van der Waals surface area contributed by atoms with Crippen molar-refractivity contribution >= 4 is 40.8 Å². The van der Waals surface area contributed by atoms with Crippen molar-refractivity contribution in [3.05, 3.63) is 63.6 Å². The Bertz CT molecular complexity index is 1070. The van der Waals surface area contributed by atoms with Crippen LogP contribution in [-0.2, 0) is 16.0 Å². The van der Waals surface area contributed by atoms with E-state index in [2.05, 4.69) is 5.32 Å². The van der Waals surface area contributed by atoms with Gasteiger partial charge in [-0.05, 0) is 41.8 Å². The van der Waals surface area contributed by atoms with Crippen molar-refractivity contribution < 1.29 is 36.6 Å². The summed E-state index contributed by atoms with van der Waals surface area (Å²) >= 11 is 11.9. The zero-order chi connectivity index (χ0) is 24.8. The van der Waals surface area contributed by atoms with Gasteiger partial charge in [-0.25, -0.2) is 8.78 Å². The Morgan fingerprint density at radius 1 is 1.12 bits per heavy atom. The summed E-state index contributed by atoms with van der Waals surface area (Å²) in [7, 11) is 0. The summed E-state index contributed by atoms with van der Waals surface area (Å²) in [6.07, 6.45) is -6.06. The van der Waals surface area contributed by atoms with Crippen LogP contribution in [0.1, 0.15) is 30.4 Å². The van der Waals surface area contributed by atoms with Crippen LogP contribution in [0.15, 0.2) is 42.5 Å². The molecule has 11 heteroatoms. The number of amides is 1. The van der Waals surface area contributed by atoms with Gasteiger partial charge < -0.3 is 10.4 Å². The highest BCUT2D eigenvalue weighted by atomic mass is 35.5. The Balaban J connectivity index is 1.90. The molecule has 178 valence electrons. The van der Waals surface area contributed by atoms with E-state index in [1.165, 1.54) is 42.5 Å². The molecule has 1 amide bonds. The number of rotatable bonds is 7. The molecule has 0 radical (unpaired) electrons. The van der Waals surface area contributed by atoms with E-state index in [1.807, 2.05) is 0 Å². The number of anilines is 1. The van der Waals surface area contributed by atoms with Gasteiger partial charge >= 0.3 is 12.1 Å². The lowest BCUT2D eigenvalue weighted by atomic mass is 9.85. The first kappa shape index (κ1) is 25.2. The van der Waals surface area contributed by atoms with Crippen molar-refractivity contribution in [1.82, 2.24) is 0 Å². The smallest absolute Gasteiger partial charge is 0.392 e. The van der Waals surface area contributed by atoms with Gasteiger partial charge in [0.1, 0.15) is 5.41 Å². The zero-order valence-electron chi connectivity index (χ0n) is 17.0. The largest absolute Gasteiger partial charge is 0.481 e. The first-order chi connectivity index (χ1) is 15.2. The molecule has 1 unspecified atom stereocenters. The third kappa shape index (κ3) is 5.09. The fourth-order valence-electron chi connectivity index (χ4n) is 3.70. The molecule has 0 saturated heterocycles. The van der Waals surface area contributed by atoms with E-state index >= 15 is 0 Å². The molecule has 0 bridgehead atoms. The van der Waals surface area contributed by atoms with E-state index in [-0.39, 0.29) is 26.9 Å². The molecule has 1 saturated carbocycles. The van der Waals surface area contributed by atoms with Gasteiger partial charge in [-0.15, -0.1) is 0 Å². The molecular formula is C22H18Cl2F5NO3. The number of halogens is 7. The van der Waals surface area contributed by atoms with Crippen LogP contribution in [0.2, 0.25) is 10.0 Å². The molecule has 33 heavy (non-hydrogen) atoms. The summed E-state index contributed by atoms with van der Waals surface area (Å²) in [5, 5.41) is 11.8. The average molecular weight is 510 g/mol. The molecule has 2 aromatic carbocycles. The first-order valence-electron chi connectivity index (χ1n) is 9.71. The second kappa shape index (κ2) is 8.76. The van der Waals surface area contributed by atoms with Gasteiger partial charge in [0.2, 0.25) is 5.91 Å². The maximum Gasteiger partial charge on any atom is 0.392 e. The van der Waals surface area contributed by atoms with Crippen LogP contribution in [0.25, 0.3) is 0 Å². The van der Waals surface area contributed by atoms with Gasteiger partial charge in [0.05, 0.1) is 22.5 Å². The lowest BCUT2D eigenvalue weighted by Gasteiger charge is -2.26. The predicted octanol–water partition coefficient (Wildman–Crippen LogP) is 6.57. The molecule has 0 aromatic heterocycles. The molecule has 1 aliphatic carbocycles. The lowest BCUT2D eigenvalue weighted by molar-refractivity contribution is -0.178. The maximum atomic E-state index is 13.7. The minimum atomic E-state index is -4.70. The Morgan fingerprint density at radius 2 is 1.70 bits per heavy atom. The number of benzene rings is 2. The normalized spacial score (nSPS) is 21.2. The number of aliphatic carboxylic acids is 1. The highest BCUT2D eigenvalue weighted by Gasteiger charge is 2.76. The van der Waals surface area contributed by atoms with Gasteiger partial charge in [-0.2, -0.15) is 13.2 Å². The van der Waals surface area contributed by atoms with Crippen molar-refractivity contribution in [2.24, 2.45) is 11.3 Å². The monoisotopic (exact) mass is 509 g/mol. The second-order valence-corrected chi connectivity index (χ2v) is 8.95. The number of hydrogen-bond donors (Lipinski definition) is 2. The van der Waals surface area contributed by atoms with Gasteiger partial charge in [-0.3, -0.25) is 9.59 Å². The summed E-state index contributed by atoms with van der Waals surface area (Å²) in [6, 6.07) is 9.09. The third-order valence-corrected chi connectivity index (χ3v) is 6.41. The van der Waals surface area contributed by atoms with Crippen LogP contribution in [0.3, 0.4) is 0 Å². The quantitative estimate of drug-likeness (QED) is 0.415. The van der Waals surface area contributed by atoms with Gasteiger partial charge in [0, 0.05) is 11.4 Å². The van der Waals surface area contributed by atoms with Crippen molar-refractivity contribution in [2.45, 2.75) is 37.8 Å². The van der Waals surface area contributed by atoms with Crippen molar-refractivity contribution in [3.8, 4) is 0 Å². The van der Waals surface area contributed by atoms with E-state index in [0.29, 0.717) is 0 Å². The number of carboxylic acids is 1. The van der Waals surface area contributed by atoms with Gasteiger partial charge in [-0.1, -0.05) is 48.3 Å². The molecule has 3 rings (SSSR count). The van der Waals surface area contributed by atoms with E-state index in [1.54, 1.807) is 0 Å². The molecule has 4 nitrogen and oxygen atoms in total. The average Bonchev–Trinajstić information content (AvgIpc) is 3.27. The number of carbonyl (C=O) groups excluding carboxylic acids is 1. The Hall–Kier alpha value is -2.39. The van der Waals surface area contributed by atoms with E-state index in [4.69, 9.17) is 23.2 Å². The Labute approximate surface area is 195 Å². The minimum absolute atomic E-state index is 0.0476. The number of carbonyl (C=O) groups is 2. The SMILES string of the molecule is C[C@H]([C@H](C(=O)Nc1cc(CC2(C(=O)O)CC2(F)F)ccc1Cl)c1ccc(Cl)cc1)C(F)(F)F. The van der Waals surface area contributed by atoms with Crippen LogP contribution < -0.4 is 5.32 Å². The lowest BCUT2D eigenvalue weighted by Crippen LogP contribution is -2.34. The van der Waals surface area contributed by atoms with Crippen molar-refractivity contribution in [2.75, 3.05) is 5.32 Å². The van der Waals surface area contributed by atoms with Crippen molar-refractivity contribution in [1.29, 1.82) is 0 Å². The second-order valence-electron chi connectivity index (χ2n) is 8.11. The highest BCUT2D eigenvalue weighted by Crippen LogP contribution is 2.62. The highest BCUT2D eigenvalue weighted by molar-refractivity contribution is 6.33. The fraction of sp³-hybridized carbons (Fsp3) is 0.364. The van der Waals surface area contributed by atoms with E-state index < -0.39 is 54.1 Å². The molecule has 3 atom stereocenters. The standard InChI is InChI=1S/C22H18Cl2F5NO3/c1-11(22(27,28)29)17(13-3-5-14(23)6-4-13)18(31)30-16-8-12(2-7-15(16)24)9-20(19(32)33)10-21(20,25)26/h2-8,11,17H,9-10H2,1H3,(H,30,31)(H,32,33)/t11-,17+,20?/m1/s1. The molecule has 1 aliphatic rings. The molecule has 2 aromatic rings. The molecule has 0 aliphatic heterocycles. The summed E-state index contributed by atoms with van der Waals surface area (Å²) in [5.41, 5.74) is -2.17. The number of alkyl halides is 5. The van der Waals surface area contributed by atoms with Gasteiger partial charge in [0.25, 0.3) is 5.92 Å². The summed E-state index contributed by atoms with van der Waals surface area (Å²) < 4.78 is 67.9. The molecule has 2 N–H and O–H groups in total. The predicted molar refractivity (Wildman–Crippen MR) is 113 cm³/mol. The third-order valence-electron chi connectivity index (χ3n) is 5.83. The number of nitrogens with one attached hydrogen (secondary N) is 1. The summed E-state index contributed by atoms with van der Waals surface area (Å²) in [6.45, 7) is 0.864. The van der Waals surface area contributed by atoms with Crippen molar-refractivity contribution in [3.63, 3.8) is 0 Å². The van der Waals surface area contributed by atoms with Crippen LogP contribution in [0, 0.1) is 11.3 Å². The maximum absolute atomic E-state index is 13.7.